The summed E-state index contributed by atoms with van der Waals surface area (Å²) >= 11 is 0. The van der Waals surface area contributed by atoms with Gasteiger partial charge in [0, 0.05) is 6.54 Å². The molecule has 3 atom stereocenters. The van der Waals surface area contributed by atoms with Crippen molar-refractivity contribution in [3.63, 3.8) is 0 Å². The molecule has 4 nitrogen and oxygen atoms in total. The van der Waals surface area contributed by atoms with Gasteiger partial charge in [-0.2, -0.15) is 0 Å². The lowest BCUT2D eigenvalue weighted by atomic mass is 9.89. The van der Waals surface area contributed by atoms with Gasteiger partial charge in [0.05, 0.1) is 18.2 Å². The van der Waals surface area contributed by atoms with Crippen molar-refractivity contribution >= 4 is 5.91 Å². The van der Waals surface area contributed by atoms with Crippen molar-refractivity contribution in [3.05, 3.63) is 34.9 Å². The number of aliphatic hydroxyl groups excluding tert-OH is 1. The normalized spacial score (nSPS) is 26.2. The number of hydrogen-bond donors (Lipinski definition) is 3. The highest BCUT2D eigenvalue weighted by Gasteiger charge is 2.28. The minimum absolute atomic E-state index is 0.00395. The maximum absolute atomic E-state index is 12.2. The van der Waals surface area contributed by atoms with Crippen molar-refractivity contribution in [1.82, 2.24) is 10.6 Å². The van der Waals surface area contributed by atoms with Crippen molar-refractivity contribution in [2.45, 2.75) is 57.2 Å². The molecule has 1 aromatic rings. The summed E-state index contributed by atoms with van der Waals surface area (Å²) in [5, 5.41) is 15.6. The number of carbonyl (C=O) groups is 1. The van der Waals surface area contributed by atoms with Gasteiger partial charge in [0.2, 0.25) is 5.91 Å². The van der Waals surface area contributed by atoms with E-state index in [9.17, 15) is 9.90 Å². The summed E-state index contributed by atoms with van der Waals surface area (Å²) in [5.41, 5.74) is 4.07. The van der Waals surface area contributed by atoms with Crippen molar-refractivity contribution in [3.8, 4) is 0 Å². The fourth-order valence-corrected chi connectivity index (χ4v) is 3.34. The number of benzene rings is 1. The molecule has 0 saturated carbocycles. The van der Waals surface area contributed by atoms with Crippen molar-refractivity contribution in [1.29, 1.82) is 0 Å². The second kappa shape index (κ2) is 6.16. The molecule has 1 aliphatic heterocycles. The number of fused-ring (bicyclic) bond motifs is 1. The van der Waals surface area contributed by atoms with E-state index >= 15 is 0 Å². The Labute approximate surface area is 125 Å². The molecule has 3 N–H and O–H groups in total. The van der Waals surface area contributed by atoms with Gasteiger partial charge in [0.15, 0.2) is 0 Å². The molecule has 1 aliphatic carbocycles. The van der Waals surface area contributed by atoms with Gasteiger partial charge in [0.25, 0.3) is 0 Å². The van der Waals surface area contributed by atoms with Gasteiger partial charge in [0.1, 0.15) is 0 Å². The van der Waals surface area contributed by atoms with Crippen LogP contribution in [0.1, 0.15) is 48.9 Å². The molecule has 4 heteroatoms. The third-order valence-corrected chi connectivity index (χ3v) is 4.66. The summed E-state index contributed by atoms with van der Waals surface area (Å²) in [6.45, 7) is 2.53. The standard InChI is InChI=1S/C17H24N2O2/c1-11(19-17(21)16-9-15(20)10-18-16)13-7-6-12-4-2-3-5-14(12)8-13/h6-8,11,15-16,18,20H,2-5,9-10H2,1H3,(H,19,21)/t11-,15+,16-/m0/s1. The number of β-amino-alcohol motifs (C(OH)–C–C–N with tert-alkyl or cyclic N) is 1. The highest BCUT2D eigenvalue weighted by Crippen LogP contribution is 2.25. The Morgan fingerprint density at radius 1 is 1.33 bits per heavy atom. The van der Waals surface area contributed by atoms with Gasteiger partial charge < -0.3 is 15.7 Å². The smallest absolute Gasteiger partial charge is 0.237 e. The van der Waals surface area contributed by atoms with Crippen molar-refractivity contribution in [2.75, 3.05) is 6.54 Å². The van der Waals surface area contributed by atoms with Crippen LogP contribution in [0.2, 0.25) is 0 Å². The summed E-state index contributed by atoms with van der Waals surface area (Å²) in [6, 6.07) is 6.33. The number of hydrogen-bond acceptors (Lipinski definition) is 3. The van der Waals surface area contributed by atoms with Crippen LogP contribution in [0, 0.1) is 0 Å². The number of aryl methyl sites for hydroxylation is 2. The van der Waals surface area contributed by atoms with Gasteiger partial charge in [-0.05, 0) is 55.7 Å². The van der Waals surface area contributed by atoms with Crippen LogP contribution < -0.4 is 10.6 Å². The van der Waals surface area contributed by atoms with Gasteiger partial charge in [-0.3, -0.25) is 4.79 Å². The van der Waals surface area contributed by atoms with Crippen LogP contribution in [0.3, 0.4) is 0 Å². The van der Waals surface area contributed by atoms with Crippen LogP contribution in [-0.4, -0.2) is 29.7 Å². The van der Waals surface area contributed by atoms with Crippen LogP contribution in [0.5, 0.6) is 0 Å². The lowest BCUT2D eigenvalue weighted by Gasteiger charge is -2.21. The van der Waals surface area contributed by atoms with E-state index in [0.717, 1.165) is 6.42 Å². The van der Waals surface area contributed by atoms with E-state index in [0.29, 0.717) is 13.0 Å². The van der Waals surface area contributed by atoms with Gasteiger partial charge in [-0.15, -0.1) is 0 Å². The second-order valence-electron chi connectivity index (χ2n) is 6.32. The molecule has 1 aromatic carbocycles. The zero-order valence-corrected chi connectivity index (χ0v) is 12.6. The van der Waals surface area contributed by atoms with E-state index in [1.165, 1.54) is 36.0 Å². The Kier molecular flexibility index (Phi) is 4.27. The monoisotopic (exact) mass is 288 g/mol. The quantitative estimate of drug-likeness (QED) is 0.789. The number of nitrogens with one attached hydrogen (secondary N) is 2. The lowest BCUT2D eigenvalue weighted by molar-refractivity contribution is -0.123. The SMILES string of the molecule is C[C@H](NC(=O)[C@@H]1C[C@@H](O)CN1)c1ccc2c(c1)CCCC2. The molecule has 2 aliphatic rings. The fourth-order valence-electron chi connectivity index (χ4n) is 3.34. The molecule has 3 rings (SSSR count). The van der Waals surface area contributed by atoms with E-state index in [1.807, 2.05) is 6.92 Å². The average molecular weight is 288 g/mol. The second-order valence-corrected chi connectivity index (χ2v) is 6.32. The van der Waals surface area contributed by atoms with E-state index in [4.69, 9.17) is 0 Å². The molecule has 0 radical (unpaired) electrons. The molecule has 0 bridgehead atoms. The summed E-state index contributed by atoms with van der Waals surface area (Å²) in [6.07, 6.45) is 4.98. The molecule has 1 amide bonds. The van der Waals surface area contributed by atoms with E-state index in [-0.39, 0.29) is 18.0 Å². The molecule has 114 valence electrons. The third kappa shape index (κ3) is 3.27. The van der Waals surface area contributed by atoms with Gasteiger partial charge >= 0.3 is 0 Å². The Morgan fingerprint density at radius 3 is 2.81 bits per heavy atom. The Hall–Kier alpha value is -1.39. The molecule has 1 fully saturated rings. The average Bonchev–Trinajstić information content (AvgIpc) is 2.93. The molecule has 1 heterocycles. The van der Waals surface area contributed by atoms with E-state index in [2.05, 4.69) is 28.8 Å². The molecule has 1 saturated heterocycles. The highest BCUT2D eigenvalue weighted by molar-refractivity contribution is 5.82. The van der Waals surface area contributed by atoms with Crippen molar-refractivity contribution < 1.29 is 9.90 Å². The Balaban J connectivity index is 1.65. The zero-order chi connectivity index (χ0) is 14.8. The number of aliphatic hydroxyl groups is 1. The maximum Gasteiger partial charge on any atom is 0.237 e. The van der Waals surface area contributed by atoms with Crippen LogP contribution in [0.15, 0.2) is 18.2 Å². The summed E-state index contributed by atoms with van der Waals surface area (Å²) in [4.78, 5) is 12.2. The highest BCUT2D eigenvalue weighted by atomic mass is 16.3. The molecule has 0 aromatic heterocycles. The topological polar surface area (TPSA) is 61.4 Å². The maximum atomic E-state index is 12.2. The molecule has 0 unspecified atom stereocenters. The van der Waals surface area contributed by atoms with Crippen molar-refractivity contribution in [2.24, 2.45) is 0 Å². The summed E-state index contributed by atoms with van der Waals surface area (Å²) < 4.78 is 0. The minimum Gasteiger partial charge on any atom is -0.392 e. The largest absolute Gasteiger partial charge is 0.392 e. The number of amides is 1. The van der Waals surface area contributed by atoms with E-state index in [1.54, 1.807) is 0 Å². The predicted octanol–water partition coefficient (Wildman–Crippen LogP) is 1.47. The summed E-state index contributed by atoms with van der Waals surface area (Å²) in [5.74, 6) is -0.0169. The first kappa shape index (κ1) is 14.5. The van der Waals surface area contributed by atoms with E-state index < -0.39 is 6.10 Å². The van der Waals surface area contributed by atoms with Gasteiger partial charge in [-0.25, -0.2) is 0 Å². The first-order valence-corrected chi connectivity index (χ1v) is 7.97. The first-order valence-electron chi connectivity index (χ1n) is 7.97. The summed E-state index contributed by atoms with van der Waals surface area (Å²) in [7, 11) is 0. The molecular weight excluding hydrogens is 264 g/mol. The Bertz CT molecular complexity index is 530. The number of carbonyl (C=O) groups excluding carboxylic acids is 1. The molecular formula is C17H24N2O2. The number of rotatable bonds is 3. The zero-order valence-electron chi connectivity index (χ0n) is 12.6. The molecule has 0 spiro atoms. The predicted molar refractivity (Wildman–Crippen MR) is 82.1 cm³/mol. The Morgan fingerprint density at radius 2 is 2.10 bits per heavy atom. The lowest BCUT2D eigenvalue weighted by Crippen LogP contribution is -2.41. The minimum atomic E-state index is -0.403. The van der Waals surface area contributed by atoms with Crippen LogP contribution in [0.4, 0.5) is 0 Å². The fraction of sp³-hybridized carbons (Fsp3) is 0.588. The molecule has 21 heavy (non-hydrogen) atoms. The first-order chi connectivity index (χ1) is 10.1. The van der Waals surface area contributed by atoms with Gasteiger partial charge in [-0.1, -0.05) is 18.2 Å². The van der Waals surface area contributed by atoms with Crippen LogP contribution in [-0.2, 0) is 17.6 Å². The third-order valence-electron chi connectivity index (χ3n) is 4.66. The van der Waals surface area contributed by atoms with Crippen LogP contribution in [0.25, 0.3) is 0 Å². The van der Waals surface area contributed by atoms with Crippen LogP contribution >= 0.6 is 0 Å².